The number of rotatable bonds is 6. The molecule has 19 heavy (non-hydrogen) atoms. The van der Waals surface area contributed by atoms with Gasteiger partial charge in [-0.1, -0.05) is 30.3 Å². The smallest absolute Gasteiger partial charge is 0.118 e. The van der Waals surface area contributed by atoms with Gasteiger partial charge in [0, 0.05) is 7.11 Å². The molecule has 0 fully saturated rings. The van der Waals surface area contributed by atoms with Crippen molar-refractivity contribution in [3.8, 4) is 0 Å². The molecular weight excluding hydrogens is 236 g/mol. The van der Waals surface area contributed by atoms with Crippen LogP contribution in [0.4, 0.5) is 0 Å². The largest absolute Gasteiger partial charge is 0.496 e. The highest BCUT2D eigenvalue weighted by Crippen LogP contribution is 2.19. The van der Waals surface area contributed by atoms with E-state index in [2.05, 4.69) is 51.1 Å². The summed E-state index contributed by atoms with van der Waals surface area (Å²) in [5.41, 5.74) is 4.84. The molecule has 0 N–H and O–H groups in total. The van der Waals surface area contributed by atoms with E-state index in [0.29, 0.717) is 6.61 Å². The third-order valence-corrected chi connectivity index (χ3v) is 3.11. The van der Waals surface area contributed by atoms with Crippen LogP contribution in [0.5, 0.6) is 0 Å². The first-order valence-corrected chi connectivity index (χ1v) is 6.63. The van der Waals surface area contributed by atoms with Crippen LogP contribution in [0, 0.1) is 0 Å². The van der Waals surface area contributed by atoms with E-state index in [4.69, 9.17) is 9.47 Å². The minimum atomic E-state index is 0.0736. The maximum atomic E-state index is 5.60. The van der Waals surface area contributed by atoms with Crippen molar-refractivity contribution in [1.82, 2.24) is 0 Å². The summed E-state index contributed by atoms with van der Waals surface area (Å²) in [6, 6.07) is 8.53. The predicted molar refractivity (Wildman–Crippen MR) is 81.8 cm³/mol. The summed E-state index contributed by atoms with van der Waals surface area (Å²) in [5.74, 6) is 0. The Morgan fingerprint density at radius 1 is 1.11 bits per heavy atom. The fraction of sp³-hybridized carbons (Fsp3) is 0.412. The van der Waals surface area contributed by atoms with E-state index in [1.165, 1.54) is 16.7 Å². The molecule has 1 unspecified atom stereocenters. The summed E-state index contributed by atoms with van der Waals surface area (Å²) < 4.78 is 10.6. The lowest BCUT2D eigenvalue weighted by Crippen LogP contribution is -2.11. The van der Waals surface area contributed by atoms with Crippen molar-refractivity contribution in [2.75, 3.05) is 13.7 Å². The summed E-state index contributed by atoms with van der Waals surface area (Å²) in [4.78, 5) is 0. The number of hydrogen-bond donors (Lipinski definition) is 0. The van der Waals surface area contributed by atoms with Gasteiger partial charge in [0.2, 0.25) is 0 Å². The normalized spacial score (nSPS) is 14.4. The number of ether oxygens (including phenoxy) is 2. The fourth-order valence-corrected chi connectivity index (χ4v) is 1.72. The van der Waals surface area contributed by atoms with Crippen molar-refractivity contribution in [2.45, 2.75) is 33.8 Å². The van der Waals surface area contributed by atoms with Crippen molar-refractivity contribution in [3.63, 3.8) is 0 Å². The van der Waals surface area contributed by atoms with Gasteiger partial charge in [0.25, 0.3) is 0 Å². The van der Waals surface area contributed by atoms with E-state index in [9.17, 15) is 0 Å². The molecule has 0 aliphatic carbocycles. The lowest BCUT2D eigenvalue weighted by Gasteiger charge is -2.11. The Morgan fingerprint density at radius 2 is 1.63 bits per heavy atom. The van der Waals surface area contributed by atoms with Gasteiger partial charge in [0.1, 0.15) is 6.10 Å². The van der Waals surface area contributed by atoms with Gasteiger partial charge >= 0.3 is 0 Å². The average Bonchev–Trinajstić information content (AvgIpc) is 2.44. The summed E-state index contributed by atoms with van der Waals surface area (Å²) in [6.45, 7) is 8.82. The molecule has 0 spiro atoms. The molecule has 0 saturated heterocycles. The van der Waals surface area contributed by atoms with Gasteiger partial charge in [0.15, 0.2) is 0 Å². The second-order valence-electron chi connectivity index (χ2n) is 4.75. The maximum Gasteiger partial charge on any atom is 0.118 e. The van der Waals surface area contributed by atoms with E-state index in [1.807, 2.05) is 6.92 Å². The van der Waals surface area contributed by atoms with Crippen molar-refractivity contribution >= 4 is 11.1 Å². The Labute approximate surface area is 116 Å². The molecule has 0 radical (unpaired) electrons. The molecule has 0 aliphatic rings. The van der Waals surface area contributed by atoms with Gasteiger partial charge in [-0.3, -0.25) is 0 Å². The maximum absolute atomic E-state index is 5.60. The standard InChI is InChI=1S/C17H24O2/c1-6-13(2)16-7-9-17(10-8-16)14(3)11-19-15(4)12-18-5/h6-11,15H,12H2,1-5H3/b13-6+,14-11+. The van der Waals surface area contributed by atoms with Crippen LogP contribution in [0.2, 0.25) is 0 Å². The zero-order valence-electron chi connectivity index (χ0n) is 12.6. The average molecular weight is 260 g/mol. The summed E-state index contributed by atoms with van der Waals surface area (Å²) >= 11 is 0. The first-order chi connectivity index (χ1) is 9.08. The van der Waals surface area contributed by atoms with Crippen LogP contribution in [-0.2, 0) is 9.47 Å². The van der Waals surface area contributed by atoms with Crippen molar-refractivity contribution in [3.05, 3.63) is 47.7 Å². The van der Waals surface area contributed by atoms with Crippen LogP contribution >= 0.6 is 0 Å². The first-order valence-electron chi connectivity index (χ1n) is 6.63. The Balaban J connectivity index is 2.72. The van der Waals surface area contributed by atoms with Crippen LogP contribution in [-0.4, -0.2) is 19.8 Å². The summed E-state index contributed by atoms with van der Waals surface area (Å²) in [7, 11) is 1.68. The van der Waals surface area contributed by atoms with Crippen LogP contribution < -0.4 is 0 Å². The van der Waals surface area contributed by atoms with E-state index >= 15 is 0 Å². The summed E-state index contributed by atoms with van der Waals surface area (Å²) in [6.07, 6.45) is 4.00. The predicted octanol–water partition coefficient (Wildman–Crippen LogP) is 4.52. The quantitative estimate of drug-likeness (QED) is 0.700. The molecule has 1 aromatic rings. The second-order valence-corrected chi connectivity index (χ2v) is 4.75. The van der Waals surface area contributed by atoms with Crippen molar-refractivity contribution < 1.29 is 9.47 Å². The Hall–Kier alpha value is -1.54. The van der Waals surface area contributed by atoms with Crippen LogP contribution in [0.1, 0.15) is 38.8 Å². The van der Waals surface area contributed by atoms with Gasteiger partial charge in [0.05, 0.1) is 12.9 Å². The van der Waals surface area contributed by atoms with E-state index in [-0.39, 0.29) is 6.10 Å². The highest BCUT2D eigenvalue weighted by atomic mass is 16.5. The molecule has 2 heteroatoms. The number of allylic oxidation sites excluding steroid dienone is 3. The number of benzene rings is 1. The number of hydrogen-bond acceptors (Lipinski definition) is 2. The van der Waals surface area contributed by atoms with Gasteiger partial charge < -0.3 is 9.47 Å². The van der Waals surface area contributed by atoms with Gasteiger partial charge in [-0.25, -0.2) is 0 Å². The lowest BCUT2D eigenvalue weighted by molar-refractivity contribution is 0.0638. The molecule has 1 rings (SSSR count). The van der Waals surface area contributed by atoms with E-state index in [0.717, 1.165) is 5.57 Å². The highest BCUT2D eigenvalue weighted by molar-refractivity contribution is 5.68. The SMILES string of the molecule is C/C=C(\C)c1ccc(/C(C)=C/OC(C)COC)cc1. The second kappa shape index (κ2) is 7.80. The fourth-order valence-electron chi connectivity index (χ4n) is 1.72. The molecule has 0 aromatic heterocycles. The van der Waals surface area contributed by atoms with Crippen LogP contribution in [0.15, 0.2) is 36.6 Å². The number of methoxy groups -OCH3 is 1. The molecule has 1 atom stereocenters. The molecule has 0 heterocycles. The molecular formula is C17H24O2. The first kappa shape index (κ1) is 15.5. The Bertz CT molecular complexity index is 441. The molecule has 0 bridgehead atoms. The van der Waals surface area contributed by atoms with E-state index < -0.39 is 0 Å². The van der Waals surface area contributed by atoms with Crippen LogP contribution in [0.25, 0.3) is 11.1 Å². The molecule has 0 saturated carbocycles. The lowest BCUT2D eigenvalue weighted by atomic mass is 10.0. The Morgan fingerprint density at radius 3 is 2.11 bits per heavy atom. The molecule has 0 amide bonds. The van der Waals surface area contributed by atoms with Gasteiger partial charge in [-0.2, -0.15) is 0 Å². The molecule has 104 valence electrons. The van der Waals surface area contributed by atoms with Gasteiger partial charge in [-0.05, 0) is 50.0 Å². The van der Waals surface area contributed by atoms with Crippen LogP contribution in [0.3, 0.4) is 0 Å². The van der Waals surface area contributed by atoms with Crippen molar-refractivity contribution in [1.29, 1.82) is 0 Å². The third kappa shape index (κ3) is 4.92. The molecule has 1 aromatic carbocycles. The molecule has 2 nitrogen and oxygen atoms in total. The zero-order chi connectivity index (χ0) is 14.3. The zero-order valence-corrected chi connectivity index (χ0v) is 12.6. The minimum Gasteiger partial charge on any atom is -0.496 e. The monoisotopic (exact) mass is 260 g/mol. The topological polar surface area (TPSA) is 18.5 Å². The third-order valence-electron chi connectivity index (χ3n) is 3.11. The van der Waals surface area contributed by atoms with Crippen molar-refractivity contribution in [2.24, 2.45) is 0 Å². The Kier molecular flexibility index (Phi) is 6.37. The molecule has 0 aliphatic heterocycles. The van der Waals surface area contributed by atoms with E-state index in [1.54, 1.807) is 13.4 Å². The highest BCUT2D eigenvalue weighted by Gasteiger charge is 2.01. The minimum absolute atomic E-state index is 0.0736. The van der Waals surface area contributed by atoms with Gasteiger partial charge in [-0.15, -0.1) is 0 Å². The summed E-state index contributed by atoms with van der Waals surface area (Å²) in [5, 5.41) is 0.